The molecule has 5 aromatic rings. The van der Waals surface area contributed by atoms with Crippen molar-refractivity contribution in [2.45, 2.75) is 6.92 Å². The molecule has 0 saturated carbocycles. The number of carbonyl (C=O) groups is 1. The van der Waals surface area contributed by atoms with Gasteiger partial charge in [-0.15, -0.1) is 0 Å². The summed E-state index contributed by atoms with van der Waals surface area (Å²) >= 11 is 0. The molecule has 0 aliphatic carbocycles. The summed E-state index contributed by atoms with van der Waals surface area (Å²) in [6, 6.07) is 27.0. The lowest BCUT2D eigenvalue weighted by atomic mass is 10.1. The first kappa shape index (κ1) is 18.9. The highest BCUT2D eigenvalue weighted by Crippen LogP contribution is 2.30. The van der Waals surface area contributed by atoms with Gasteiger partial charge in [-0.25, -0.2) is 4.98 Å². The third-order valence-corrected chi connectivity index (χ3v) is 5.24. The van der Waals surface area contributed by atoms with Gasteiger partial charge in [0.1, 0.15) is 11.3 Å². The van der Waals surface area contributed by atoms with Crippen LogP contribution in [0, 0.1) is 6.92 Å². The van der Waals surface area contributed by atoms with Crippen molar-refractivity contribution in [1.29, 1.82) is 0 Å². The van der Waals surface area contributed by atoms with Crippen LogP contribution in [0.15, 0.2) is 89.3 Å². The number of hydrogen-bond acceptors (Lipinski definition) is 4. The van der Waals surface area contributed by atoms with Gasteiger partial charge in [0.2, 0.25) is 5.89 Å². The van der Waals surface area contributed by atoms with Crippen LogP contribution in [-0.2, 0) is 4.79 Å². The third kappa shape index (κ3) is 3.73. The van der Waals surface area contributed by atoms with Crippen molar-refractivity contribution >= 4 is 33.5 Å². The van der Waals surface area contributed by atoms with Crippen molar-refractivity contribution in [1.82, 2.24) is 4.98 Å². The molecule has 0 aliphatic heterocycles. The van der Waals surface area contributed by atoms with E-state index >= 15 is 0 Å². The summed E-state index contributed by atoms with van der Waals surface area (Å²) < 4.78 is 11.7. The SMILES string of the molecule is Cc1c(NC(=O)COc2cccc3ccccc23)cccc1-c1nc2ccccc2o1. The molecule has 1 N–H and O–H groups in total. The van der Waals surface area contributed by atoms with E-state index in [0.717, 1.165) is 33.0 Å². The van der Waals surface area contributed by atoms with Crippen LogP contribution in [0.5, 0.6) is 5.75 Å². The number of carbonyl (C=O) groups excluding carboxylic acids is 1. The Balaban J connectivity index is 1.34. The molecular formula is C26H20N2O3. The van der Waals surface area contributed by atoms with Gasteiger partial charge in [0.05, 0.1) is 0 Å². The first-order chi connectivity index (χ1) is 15.2. The minimum atomic E-state index is -0.231. The molecule has 1 aromatic heterocycles. The largest absolute Gasteiger partial charge is 0.483 e. The number of aromatic nitrogens is 1. The average molecular weight is 408 g/mol. The van der Waals surface area contributed by atoms with Gasteiger partial charge < -0.3 is 14.5 Å². The van der Waals surface area contributed by atoms with Gasteiger partial charge in [-0.05, 0) is 48.2 Å². The Morgan fingerprint density at radius 3 is 2.61 bits per heavy atom. The first-order valence-electron chi connectivity index (χ1n) is 10.0. The number of nitrogens with zero attached hydrogens (tertiary/aromatic N) is 1. The molecule has 0 radical (unpaired) electrons. The van der Waals surface area contributed by atoms with E-state index in [1.165, 1.54) is 0 Å². The normalized spacial score (nSPS) is 11.0. The fourth-order valence-electron chi connectivity index (χ4n) is 3.64. The Hall–Kier alpha value is -4.12. The van der Waals surface area contributed by atoms with Crippen molar-refractivity contribution < 1.29 is 13.9 Å². The number of rotatable bonds is 5. The average Bonchev–Trinajstić information content (AvgIpc) is 3.23. The lowest BCUT2D eigenvalue weighted by molar-refractivity contribution is -0.118. The van der Waals surface area contributed by atoms with E-state index in [9.17, 15) is 4.79 Å². The fourth-order valence-corrected chi connectivity index (χ4v) is 3.64. The van der Waals surface area contributed by atoms with Crippen molar-refractivity contribution in [3.63, 3.8) is 0 Å². The summed E-state index contributed by atoms with van der Waals surface area (Å²) in [7, 11) is 0. The van der Waals surface area contributed by atoms with Crippen LogP contribution >= 0.6 is 0 Å². The summed E-state index contributed by atoms with van der Waals surface area (Å²) in [5.74, 6) is 0.984. The summed E-state index contributed by atoms with van der Waals surface area (Å²) in [6.07, 6.45) is 0. The van der Waals surface area contributed by atoms with Crippen molar-refractivity contribution in [3.05, 3.63) is 90.5 Å². The third-order valence-electron chi connectivity index (χ3n) is 5.24. The van der Waals surface area contributed by atoms with Gasteiger partial charge in [0, 0.05) is 16.6 Å². The zero-order chi connectivity index (χ0) is 21.2. The molecule has 0 unspecified atom stereocenters. The zero-order valence-corrected chi connectivity index (χ0v) is 17.0. The van der Waals surface area contributed by atoms with Gasteiger partial charge >= 0.3 is 0 Å². The standard InChI is InChI=1S/C26H20N2O3/c1-17-19(26-28-22-12-4-5-14-24(22)31-26)11-7-13-21(17)27-25(29)16-30-23-15-6-9-18-8-2-3-10-20(18)23/h2-15H,16H2,1H3,(H,27,29). The number of anilines is 1. The number of oxazole rings is 1. The first-order valence-corrected chi connectivity index (χ1v) is 10.0. The highest BCUT2D eigenvalue weighted by molar-refractivity contribution is 5.94. The van der Waals surface area contributed by atoms with Crippen LogP contribution < -0.4 is 10.1 Å². The Labute approximate surface area is 179 Å². The minimum absolute atomic E-state index is 0.0828. The molecule has 5 rings (SSSR count). The fraction of sp³-hybridized carbons (Fsp3) is 0.0769. The van der Waals surface area contributed by atoms with E-state index in [-0.39, 0.29) is 12.5 Å². The molecule has 0 saturated heterocycles. The zero-order valence-electron chi connectivity index (χ0n) is 17.0. The second-order valence-electron chi connectivity index (χ2n) is 7.28. The molecule has 31 heavy (non-hydrogen) atoms. The van der Waals surface area contributed by atoms with Crippen molar-refractivity contribution in [3.8, 4) is 17.2 Å². The van der Waals surface area contributed by atoms with Gasteiger partial charge in [0.25, 0.3) is 5.91 Å². The smallest absolute Gasteiger partial charge is 0.262 e. The number of benzene rings is 4. The van der Waals surface area contributed by atoms with Crippen molar-refractivity contribution in [2.75, 3.05) is 11.9 Å². The molecule has 0 spiro atoms. The molecule has 5 heteroatoms. The van der Waals surface area contributed by atoms with E-state index in [1.54, 1.807) is 0 Å². The van der Waals surface area contributed by atoms with E-state index in [1.807, 2.05) is 91.9 Å². The van der Waals surface area contributed by atoms with Gasteiger partial charge in [0.15, 0.2) is 12.2 Å². The molecule has 4 aromatic carbocycles. The molecule has 1 heterocycles. The Morgan fingerprint density at radius 1 is 0.935 bits per heavy atom. The molecule has 0 bridgehead atoms. The molecule has 0 aliphatic rings. The highest BCUT2D eigenvalue weighted by atomic mass is 16.5. The number of para-hydroxylation sites is 2. The summed E-state index contributed by atoms with van der Waals surface area (Å²) in [6.45, 7) is 1.85. The summed E-state index contributed by atoms with van der Waals surface area (Å²) in [4.78, 5) is 17.2. The molecule has 0 atom stereocenters. The predicted molar refractivity (Wildman–Crippen MR) is 122 cm³/mol. The quantitative estimate of drug-likeness (QED) is 0.389. The second kappa shape index (κ2) is 7.95. The Kier molecular flexibility index (Phi) is 4.84. The summed E-state index contributed by atoms with van der Waals surface area (Å²) in [5, 5.41) is 4.99. The number of ether oxygens (including phenoxy) is 1. The van der Waals surface area contributed by atoms with Crippen molar-refractivity contribution in [2.24, 2.45) is 0 Å². The van der Waals surface area contributed by atoms with Crippen LogP contribution in [0.3, 0.4) is 0 Å². The van der Waals surface area contributed by atoms with Gasteiger partial charge in [-0.3, -0.25) is 4.79 Å². The Morgan fingerprint density at radius 2 is 1.71 bits per heavy atom. The van der Waals surface area contributed by atoms with Crippen LogP contribution in [0.1, 0.15) is 5.56 Å². The molecule has 1 amide bonds. The maximum Gasteiger partial charge on any atom is 0.262 e. The molecule has 152 valence electrons. The monoisotopic (exact) mass is 408 g/mol. The topological polar surface area (TPSA) is 64.4 Å². The van der Waals surface area contributed by atoms with Gasteiger partial charge in [-0.2, -0.15) is 0 Å². The number of nitrogens with one attached hydrogen (secondary N) is 1. The number of amides is 1. The van der Waals surface area contributed by atoms with E-state index < -0.39 is 0 Å². The maximum absolute atomic E-state index is 12.6. The molecular weight excluding hydrogens is 388 g/mol. The van der Waals surface area contributed by atoms with E-state index in [0.29, 0.717) is 17.3 Å². The lowest BCUT2D eigenvalue weighted by Crippen LogP contribution is -2.20. The minimum Gasteiger partial charge on any atom is -0.483 e. The van der Waals surface area contributed by atoms with Gasteiger partial charge in [-0.1, -0.05) is 54.6 Å². The number of fused-ring (bicyclic) bond motifs is 2. The molecule has 5 nitrogen and oxygen atoms in total. The number of hydrogen-bond donors (Lipinski definition) is 1. The van der Waals surface area contributed by atoms with E-state index in [4.69, 9.17) is 9.15 Å². The highest BCUT2D eigenvalue weighted by Gasteiger charge is 2.14. The van der Waals surface area contributed by atoms with E-state index in [2.05, 4.69) is 10.3 Å². The maximum atomic E-state index is 12.6. The Bertz CT molecular complexity index is 1370. The van der Waals surface area contributed by atoms with Crippen LogP contribution in [0.4, 0.5) is 5.69 Å². The second-order valence-corrected chi connectivity index (χ2v) is 7.28. The van der Waals surface area contributed by atoms with Crippen LogP contribution in [-0.4, -0.2) is 17.5 Å². The van der Waals surface area contributed by atoms with Crippen LogP contribution in [0.25, 0.3) is 33.3 Å². The summed E-state index contributed by atoms with van der Waals surface area (Å²) in [5.41, 5.74) is 3.95. The predicted octanol–water partition coefficient (Wildman–Crippen LogP) is 5.97. The lowest BCUT2D eigenvalue weighted by Gasteiger charge is -2.12. The van der Waals surface area contributed by atoms with Crippen LogP contribution in [0.2, 0.25) is 0 Å². The molecule has 0 fully saturated rings.